The highest BCUT2D eigenvalue weighted by atomic mass is 32.2. The number of amides is 1. The SMILES string of the molecule is O=C(NC(Cc1ccc(OS(=O)(=O)C(F)(F)F)cc1)C(=O)O)OCc1ccccc1. The van der Waals surface area contributed by atoms with Crippen molar-refractivity contribution in [3.63, 3.8) is 0 Å². The first-order valence-electron chi connectivity index (χ1n) is 8.27. The summed E-state index contributed by atoms with van der Waals surface area (Å²) >= 11 is 0. The van der Waals surface area contributed by atoms with Crippen molar-refractivity contribution < 1.29 is 45.2 Å². The Morgan fingerprint density at radius 1 is 1.00 bits per heavy atom. The molecule has 2 rings (SSSR count). The van der Waals surface area contributed by atoms with Crippen molar-refractivity contribution in [2.24, 2.45) is 0 Å². The first-order chi connectivity index (χ1) is 14.0. The lowest BCUT2D eigenvalue weighted by Crippen LogP contribution is -2.42. The lowest BCUT2D eigenvalue weighted by atomic mass is 10.1. The smallest absolute Gasteiger partial charge is 0.480 e. The number of aliphatic carboxylic acids is 1. The molecule has 0 heterocycles. The monoisotopic (exact) mass is 447 g/mol. The van der Waals surface area contributed by atoms with Gasteiger partial charge in [-0.3, -0.25) is 0 Å². The number of carboxylic acid groups (broad SMARTS) is 1. The number of ether oxygens (including phenoxy) is 1. The van der Waals surface area contributed by atoms with E-state index >= 15 is 0 Å². The zero-order valence-electron chi connectivity index (χ0n) is 15.1. The molecule has 0 aliphatic heterocycles. The van der Waals surface area contributed by atoms with Crippen molar-refractivity contribution in [2.75, 3.05) is 0 Å². The van der Waals surface area contributed by atoms with Gasteiger partial charge < -0.3 is 19.3 Å². The molecule has 0 saturated heterocycles. The Hall–Kier alpha value is -3.28. The first kappa shape index (κ1) is 23.0. The lowest BCUT2D eigenvalue weighted by Gasteiger charge is -2.15. The van der Waals surface area contributed by atoms with E-state index in [2.05, 4.69) is 9.50 Å². The second-order valence-corrected chi connectivity index (χ2v) is 7.47. The van der Waals surface area contributed by atoms with E-state index in [1.807, 2.05) is 0 Å². The van der Waals surface area contributed by atoms with Crippen LogP contribution in [0, 0.1) is 0 Å². The van der Waals surface area contributed by atoms with E-state index in [4.69, 9.17) is 4.74 Å². The molecule has 0 aliphatic rings. The average Bonchev–Trinajstić information content (AvgIpc) is 2.67. The van der Waals surface area contributed by atoms with Crippen LogP contribution in [0.3, 0.4) is 0 Å². The number of benzene rings is 2. The molecule has 0 aliphatic carbocycles. The van der Waals surface area contributed by atoms with Gasteiger partial charge in [0.05, 0.1) is 0 Å². The zero-order chi connectivity index (χ0) is 22.4. The Morgan fingerprint density at radius 3 is 2.13 bits per heavy atom. The molecule has 2 aromatic rings. The summed E-state index contributed by atoms with van der Waals surface area (Å²) in [6.45, 7) is -0.0707. The van der Waals surface area contributed by atoms with Crippen molar-refractivity contribution in [1.82, 2.24) is 5.32 Å². The van der Waals surface area contributed by atoms with E-state index in [1.54, 1.807) is 30.3 Å². The van der Waals surface area contributed by atoms with Gasteiger partial charge in [-0.05, 0) is 23.3 Å². The number of hydrogen-bond donors (Lipinski definition) is 2. The van der Waals surface area contributed by atoms with Crippen LogP contribution in [0.15, 0.2) is 54.6 Å². The quantitative estimate of drug-likeness (QED) is 0.472. The molecule has 2 N–H and O–H groups in total. The molecule has 0 radical (unpaired) electrons. The number of alkyl halides is 3. The Balaban J connectivity index is 1.96. The molecule has 12 heteroatoms. The minimum absolute atomic E-state index is 0.0707. The van der Waals surface area contributed by atoms with Crippen LogP contribution in [-0.4, -0.2) is 37.1 Å². The molecule has 0 spiro atoms. The van der Waals surface area contributed by atoms with E-state index < -0.39 is 39.5 Å². The summed E-state index contributed by atoms with van der Waals surface area (Å²) < 4.78 is 67.8. The van der Waals surface area contributed by atoms with Gasteiger partial charge in [0.25, 0.3) is 0 Å². The second kappa shape index (κ2) is 9.48. The van der Waals surface area contributed by atoms with Crippen LogP contribution in [0.25, 0.3) is 0 Å². The Labute approximate surface area is 169 Å². The molecule has 0 saturated carbocycles. The molecule has 0 fully saturated rings. The highest BCUT2D eigenvalue weighted by molar-refractivity contribution is 7.88. The summed E-state index contributed by atoms with van der Waals surface area (Å²) in [5.74, 6) is -1.97. The standard InChI is InChI=1S/C18H16F3NO7S/c19-18(20,21)30(26,27)29-14-8-6-12(7-9-14)10-15(16(23)24)22-17(25)28-11-13-4-2-1-3-5-13/h1-9,15H,10-11H2,(H,22,25)(H,23,24). The van der Waals surface area contributed by atoms with E-state index in [0.29, 0.717) is 11.1 Å². The van der Waals surface area contributed by atoms with Gasteiger partial charge in [0.15, 0.2) is 0 Å². The molecular formula is C18H16F3NO7S. The van der Waals surface area contributed by atoms with Gasteiger partial charge >= 0.3 is 27.7 Å². The average molecular weight is 447 g/mol. The van der Waals surface area contributed by atoms with Crippen molar-refractivity contribution in [2.45, 2.75) is 24.6 Å². The van der Waals surface area contributed by atoms with Crippen molar-refractivity contribution in [3.05, 3.63) is 65.7 Å². The van der Waals surface area contributed by atoms with E-state index in [1.165, 1.54) is 12.1 Å². The number of carbonyl (C=O) groups excluding carboxylic acids is 1. The normalized spacial score (nSPS) is 12.6. The van der Waals surface area contributed by atoms with Crippen molar-refractivity contribution >= 4 is 22.2 Å². The van der Waals surface area contributed by atoms with Crippen LogP contribution in [0.1, 0.15) is 11.1 Å². The number of alkyl carbamates (subject to hydrolysis) is 1. The summed E-state index contributed by atoms with van der Waals surface area (Å²) in [6, 6.07) is 11.5. The summed E-state index contributed by atoms with van der Waals surface area (Å²) in [5, 5.41) is 11.4. The van der Waals surface area contributed by atoms with Crippen LogP contribution in [0.5, 0.6) is 5.75 Å². The summed E-state index contributed by atoms with van der Waals surface area (Å²) in [6.07, 6.45) is -1.20. The highest BCUT2D eigenvalue weighted by Crippen LogP contribution is 2.27. The van der Waals surface area contributed by atoms with Crippen LogP contribution in [-0.2, 0) is 32.7 Å². The fourth-order valence-corrected chi connectivity index (χ4v) is 2.66. The molecule has 0 aromatic heterocycles. The number of rotatable bonds is 8. The fraction of sp³-hybridized carbons (Fsp3) is 0.222. The van der Waals surface area contributed by atoms with Crippen molar-refractivity contribution in [1.29, 1.82) is 0 Å². The van der Waals surface area contributed by atoms with Crippen LogP contribution in [0.2, 0.25) is 0 Å². The van der Waals surface area contributed by atoms with Gasteiger partial charge in [-0.1, -0.05) is 42.5 Å². The van der Waals surface area contributed by atoms with Gasteiger partial charge in [0, 0.05) is 6.42 Å². The molecule has 2 aromatic carbocycles. The second-order valence-electron chi connectivity index (χ2n) is 5.93. The fourth-order valence-electron chi connectivity index (χ4n) is 2.20. The van der Waals surface area contributed by atoms with E-state index in [-0.39, 0.29) is 13.0 Å². The van der Waals surface area contributed by atoms with Crippen LogP contribution in [0.4, 0.5) is 18.0 Å². The largest absolute Gasteiger partial charge is 0.534 e. The molecule has 1 unspecified atom stereocenters. The third-order valence-corrected chi connectivity index (χ3v) is 4.63. The minimum Gasteiger partial charge on any atom is -0.480 e. The minimum atomic E-state index is -5.81. The molecular weight excluding hydrogens is 431 g/mol. The maximum absolute atomic E-state index is 12.3. The molecule has 1 atom stereocenters. The van der Waals surface area contributed by atoms with Gasteiger partial charge in [0.2, 0.25) is 0 Å². The Bertz CT molecular complexity index is 977. The highest BCUT2D eigenvalue weighted by Gasteiger charge is 2.48. The first-order valence-corrected chi connectivity index (χ1v) is 9.68. The Morgan fingerprint density at radius 2 is 1.60 bits per heavy atom. The third kappa shape index (κ3) is 6.65. The number of carboxylic acids is 1. The van der Waals surface area contributed by atoms with Gasteiger partial charge in [-0.2, -0.15) is 21.6 Å². The van der Waals surface area contributed by atoms with Crippen molar-refractivity contribution in [3.8, 4) is 5.75 Å². The molecule has 162 valence electrons. The number of halogens is 3. The van der Waals surface area contributed by atoms with Gasteiger partial charge in [-0.25, -0.2) is 9.59 Å². The van der Waals surface area contributed by atoms with Crippen LogP contribution >= 0.6 is 0 Å². The third-order valence-electron chi connectivity index (χ3n) is 3.66. The van der Waals surface area contributed by atoms with Gasteiger partial charge in [-0.15, -0.1) is 0 Å². The Kier molecular flexibility index (Phi) is 7.27. The predicted molar refractivity (Wildman–Crippen MR) is 96.9 cm³/mol. The topological polar surface area (TPSA) is 119 Å². The van der Waals surface area contributed by atoms with E-state index in [0.717, 1.165) is 12.1 Å². The molecule has 1 amide bonds. The van der Waals surface area contributed by atoms with Crippen LogP contribution < -0.4 is 9.50 Å². The maximum atomic E-state index is 12.3. The summed E-state index contributed by atoms with van der Waals surface area (Å²) in [7, 11) is -5.81. The molecule has 0 bridgehead atoms. The molecule has 30 heavy (non-hydrogen) atoms. The van der Waals surface area contributed by atoms with E-state index in [9.17, 15) is 36.3 Å². The zero-order valence-corrected chi connectivity index (χ0v) is 15.9. The summed E-state index contributed by atoms with van der Waals surface area (Å²) in [4.78, 5) is 23.2. The number of hydrogen-bond acceptors (Lipinski definition) is 6. The predicted octanol–water partition coefficient (Wildman–Crippen LogP) is 2.84. The molecule has 8 nitrogen and oxygen atoms in total. The van der Waals surface area contributed by atoms with Gasteiger partial charge in [0.1, 0.15) is 18.4 Å². The number of carbonyl (C=O) groups is 2. The summed E-state index contributed by atoms with van der Waals surface area (Å²) in [5.41, 5.74) is -4.59. The maximum Gasteiger partial charge on any atom is 0.534 e. The lowest BCUT2D eigenvalue weighted by molar-refractivity contribution is -0.139. The number of nitrogens with one attached hydrogen (secondary N) is 1.